The molecule has 1 unspecified atom stereocenters. The Morgan fingerprint density at radius 2 is 2.07 bits per heavy atom. The molecule has 4 aromatic rings. The number of pyridine rings is 1. The number of nitrogens with zero attached hydrogens (tertiary/aromatic N) is 5. The number of halogens is 1. The number of amides is 1. The van der Waals surface area contributed by atoms with Crippen molar-refractivity contribution >= 4 is 57.2 Å². The van der Waals surface area contributed by atoms with Crippen LogP contribution in [0.3, 0.4) is 0 Å². The summed E-state index contributed by atoms with van der Waals surface area (Å²) >= 11 is 7.12. The lowest BCUT2D eigenvalue weighted by molar-refractivity contribution is -0.115. The zero-order valence-electron chi connectivity index (χ0n) is 15.3. The Labute approximate surface area is 170 Å². The molecular weight excluding hydrogens is 396 g/mol. The lowest BCUT2D eigenvalue weighted by atomic mass is 10.2. The molecule has 9 heteroatoms. The van der Waals surface area contributed by atoms with Gasteiger partial charge in [0.15, 0.2) is 5.65 Å². The number of rotatable bonds is 5. The number of hydrogen-bond acceptors (Lipinski definition) is 6. The second-order valence-electron chi connectivity index (χ2n) is 6.21. The molecule has 3 aromatic heterocycles. The number of fused-ring (bicyclic) bond motifs is 3. The van der Waals surface area contributed by atoms with Gasteiger partial charge in [-0.05, 0) is 24.6 Å². The molecule has 1 N–H and O–H groups in total. The molecular formula is C19H17ClN6OS. The third-order valence-corrected chi connectivity index (χ3v) is 5.82. The standard InChI is InChI=1S/C19H17ClN6OS/c1-3-14(18(27)22-15-9-8-11(20)10-21-15)28-19-23-17-16(24-25-19)12-6-4-5-7-13(12)26(17)2/h4-10,14H,3H2,1-2H3,(H,21,22,27). The van der Waals surface area contributed by atoms with Crippen molar-refractivity contribution in [2.75, 3.05) is 5.32 Å². The molecule has 1 amide bonds. The second-order valence-corrected chi connectivity index (χ2v) is 7.81. The summed E-state index contributed by atoms with van der Waals surface area (Å²) in [6.45, 7) is 1.94. The number of aromatic nitrogens is 5. The molecule has 1 atom stereocenters. The minimum absolute atomic E-state index is 0.164. The molecule has 28 heavy (non-hydrogen) atoms. The van der Waals surface area contributed by atoms with Crippen LogP contribution in [0.4, 0.5) is 5.82 Å². The second kappa shape index (κ2) is 7.73. The van der Waals surface area contributed by atoms with E-state index in [9.17, 15) is 4.79 Å². The Balaban J connectivity index is 1.58. The average molecular weight is 413 g/mol. The van der Waals surface area contributed by atoms with Gasteiger partial charge in [0, 0.05) is 18.6 Å². The van der Waals surface area contributed by atoms with Crippen LogP contribution in [0, 0.1) is 0 Å². The molecule has 0 spiro atoms. The van der Waals surface area contributed by atoms with Gasteiger partial charge in [0.25, 0.3) is 0 Å². The normalized spacial score (nSPS) is 12.4. The number of nitrogens with one attached hydrogen (secondary N) is 1. The van der Waals surface area contributed by atoms with Crippen molar-refractivity contribution in [3.8, 4) is 0 Å². The van der Waals surface area contributed by atoms with Crippen molar-refractivity contribution < 1.29 is 4.79 Å². The highest BCUT2D eigenvalue weighted by molar-refractivity contribution is 8.00. The van der Waals surface area contributed by atoms with Crippen LogP contribution < -0.4 is 5.32 Å². The molecule has 0 saturated carbocycles. The molecule has 0 aliphatic heterocycles. The largest absolute Gasteiger partial charge is 0.327 e. The number of anilines is 1. The summed E-state index contributed by atoms with van der Waals surface area (Å²) in [6.07, 6.45) is 2.10. The van der Waals surface area contributed by atoms with Gasteiger partial charge >= 0.3 is 0 Å². The van der Waals surface area contributed by atoms with Crippen molar-refractivity contribution in [3.63, 3.8) is 0 Å². The smallest absolute Gasteiger partial charge is 0.239 e. The summed E-state index contributed by atoms with van der Waals surface area (Å²) in [5, 5.41) is 13.0. The number of aryl methyl sites for hydroxylation is 1. The maximum atomic E-state index is 12.6. The minimum atomic E-state index is -0.369. The number of benzene rings is 1. The first-order chi connectivity index (χ1) is 13.6. The fourth-order valence-electron chi connectivity index (χ4n) is 2.95. The summed E-state index contributed by atoms with van der Waals surface area (Å²) in [7, 11) is 1.95. The van der Waals surface area contributed by atoms with E-state index < -0.39 is 0 Å². The monoisotopic (exact) mass is 412 g/mol. The van der Waals surface area contributed by atoms with E-state index in [0.717, 1.165) is 22.1 Å². The van der Waals surface area contributed by atoms with Gasteiger partial charge < -0.3 is 9.88 Å². The third kappa shape index (κ3) is 3.53. The summed E-state index contributed by atoms with van der Waals surface area (Å²) < 4.78 is 1.99. The molecule has 3 heterocycles. The van der Waals surface area contributed by atoms with Crippen LogP contribution in [0.2, 0.25) is 5.02 Å². The summed E-state index contributed by atoms with van der Waals surface area (Å²) in [6, 6.07) is 11.3. The number of thioether (sulfide) groups is 1. The van der Waals surface area contributed by atoms with Crippen LogP contribution in [-0.4, -0.2) is 35.9 Å². The van der Waals surface area contributed by atoms with Gasteiger partial charge in [-0.2, -0.15) is 0 Å². The van der Waals surface area contributed by atoms with Crippen molar-refractivity contribution in [1.29, 1.82) is 0 Å². The summed E-state index contributed by atoms with van der Waals surface area (Å²) in [4.78, 5) is 21.4. The Hall–Kier alpha value is -2.71. The summed E-state index contributed by atoms with van der Waals surface area (Å²) in [5.74, 6) is 0.291. The third-order valence-electron chi connectivity index (χ3n) is 4.38. The highest BCUT2D eigenvalue weighted by Crippen LogP contribution is 2.28. The van der Waals surface area contributed by atoms with Gasteiger partial charge in [-0.25, -0.2) is 9.97 Å². The highest BCUT2D eigenvalue weighted by atomic mass is 35.5. The molecule has 0 aliphatic carbocycles. The first kappa shape index (κ1) is 18.6. The lowest BCUT2D eigenvalue weighted by Crippen LogP contribution is -2.25. The van der Waals surface area contributed by atoms with Crippen LogP contribution >= 0.6 is 23.4 Å². The zero-order chi connectivity index (χ0) is 19.7. The van der Waals surface area contributed by atoms with E-state index in [1.54, 1.807) is 12.1 Å². The molecule has 1 aromatic carbocycles. The van der Waals surface area contributed by atoms with E-state index in [2.05, 4.69) is 25.5 Å². The SMILES string of the molecule is CCC(Sc1nnc2c3ccccc3n(C)c2n1)C(=O)Nc1ccc(Cl)cn1. The van der Waals surface area contributed by atoms with Crippen LogP contribution in [0.15, 0.2) is 47.8 Å². The quantitative estimate of drug-likeness (QED) is 0.497. The molecule has 4 rings (SSSR count). The van der Waals surface area contributed by atoms with E-state index in [1.807, 2.05) is 42.8 Å². The number of carbonyl (C=O) groups is 1. The van der Waals surface area contributed by atoms with Crippen LogP contribution in [0.1, 0.15) is 13.3 Å². The van der Waals surface area contributed by atoms with Crippen LogP contribution in [0.5, 0.6) is 0 Å². The van der Waals surface area contributed by atoms with E-state index >= 15 is 0 Å². The lowest BCUT2D eigenvalue weighted by Gasteiger charge is -2.13. The first-order valence-electron chi connectivity index (χ1n) is 8.73. The summed E-state index contributed by atoms with van der Waals surface area (Å²) in [5.41, 5.74) is 2.54. The number of para-hydroxylation sites is 1. The van der Waals surface area contributed by atoms with Gasteiger partial charge in [0.1, 0.15) is 11.3 Å². The molecule has 0 aliphatic rings. The van der Waals surface area contributed by atoms with Crippen LogP contribution in [0.25, 0.3) is 22.1 Å². The van der Waals surface area contributed by atoms with Gasteiger partial charge in [0.05, 0.1) is 15.8 Å². The highest BCUT2D eigenvalue weighted by Gasteiger charge is 2.21. The molecule has 0 radical (unpaired) electrons. The van der Waals surface area contributed by atoms with Crippen LogP contribution in [-0.2, 0) is 11.8 Å². The van der Waals surface area contributed by atoms with Gasteiger partial charge in [0.2, 0.25) is 11.1 Å². The van der Waals surface area contributed by atoms with Gasteiger partial charge in [-0.15, -0.1) is 10.2 Å². The minimum Gasteiger partial charge on any atom is -0.327 e. The fourth-order valence-corrected chi connectivity index (χ4v) is 3.87. The van der Waals surface area contributed by atoms with Crippen molar-refractivity contribution in [2.24, 2.45) is 7.05 Å². The van der Waals surface area contributed by atoms with Crippen molar-refractivity contribution in [1.82, 2.24) is 24.7 Å². The topological polar surface area (TPSA) is 85.6 Å². The van der Waals surface area contributed by atoms with Crippen molar-refractivity contribution in [2.45, 2.75) is 23.8 Å². The maximum absolute atomic E-state index is 12.6. The molecule has 0 saturated heterocycles. The van der Waals surface area contributed by atoms with E-state index in [4.69, 9.17) is 11.6 Å². The number of carbonyl (C=O) groups excluding carboxylic acids is 1. The molecule has 0 bridgehead atoms. The first-order valence-corrected chi connectivity index (χ1v) is 9.99. The predicted molar refractivity (Wildman–Crippen MR) is 112 cm³/mol. The molecule has 7 nitrogen and oxygen atoms in total. The Morgan fingerprint density at radius 3 is 2.82 bits per heavy atom. The Kier molecular flexibility index (Phi) is 5.15. The molecule has 142 valence electrons. The molecule has 0 fully saturated rings. The Morgan fingerprint density at radius 1 is 1.25 bits per heavy atom. The van der Waals surface area contributed by atoms with Crippen molar-refractivity contribution in [3.05, 3.63) is 47.6 Å². The average Bonchev–Trinajstić information content (AvgIpc) is 3.00. The predicted octanol–water partition coefficient (Wildman–Crippen LogP) is 4.07. The number of hydrogen-bond donors (Lipinski definition) is 1. The van der Waals surface area contributed by atoms with E-state index in [1.165, 1.54) is 18.0 Å². The zero-order valence-corrected chi connectivity index (χ0v) is 16.8. The maximum Gasteiger partial charge on any atom is 0.239 e. The van der Waals surface area contributed by atoms with E-state index in [-0.39, 0.29) is 11.2 Å². The Bertz CT molecular complexity index is 1160. The fraction of sp³-hybridized carbons (Fsp3) is 0.211. The van der Waals surface area contributed by atoms with Gasteiger partial charge in [-0.3, -0.25) is 4.79 Å². The van der Waals surface area contributed by atoms with E-state index in [0.29, 0.717) is 22.4 Å². The van der Waals surface area contributed by atoms with Gasteiger partial charge in [-0.1, -0.05) is 48.5 Å².